The minimum atomic E-state index is -2.76. The van der Waals surface area contributed by atoms with E-state index in [1.54, 1.807) is 13.1 Å². The fourth-order valence-corrected chi connectivity index (χ4v) is 3.34. The van der Waals surface area contributed by atoms with E-state index in [0.717, 1.165) is 12.1 Å². The summed E-state index contributed by atoms with van der Waals surface area (Å²) in [6.07, 6.45) is 1.67. The number of aromatic nitrogens is 3. The van der Waals surface area contributed by atoms with Gasteiger partial charge in [0.05, 0.1) is 30.2 Å². The van der Waals surface area contributed by atoms with E-state index in [1.165, 1.54) is 42.7 Å². The van der Waals surface area contributed by atoms with E-state index in [1.807, 2.05) is 0 Å². The molecular weight excluding hydrogens is 443 g/mol. The topological polar surface area (TPSA) is 142 Å². The number of nitrogens with zero attached hydrogens (tertiary/aromatic N) is 4. The number of fused-ring (bicyclic) bond motifs is 1. The van der Waals surface area contributed by atoms with Gasteiger partial charge in [0.1, 0.15) is 11.5 Å². The SMILES string of the molecule is CNSNc1cccc(CN2C(=O)Oc3cc(Oc4nccnn4)ccc3C2(O)O)c1F. The number of rotatable bonds is 7. The minimum Gasteiger partial charge on any atom is -0.423 e. The number of hydrogen-bond donors (Lipinski definition) is 4. The molecule has 4 rings (SSSR count). The number of benzene rings is 2. The summed E-state index contributed by atoms with van der Waals surface area (Å²) < 4.78 is 31.0. The van der Waals surface area contributed by atoms with Crippen molar-refractivity contribution in [2.75, 3.05) is 11.8 Å². The number of hydrogen-bond acceptors (Lipinski definition) is 11. The van der Waals surface area contributed by atoms with Crippen LogP contribution in [0.5, 0.6) is 17.5 Å². The maximum atomic E-state index is 14.8. The molecule has 3 aromatic rings. The quantitative estimate of drug-likeness (QED) is 0.304. The highest BCUT2D eigenvalue weighted by Gasteiger charge is 2.46. The van der Waals surface area contributed by atoms with Crippen molar-refractivity contribution in [1.29, 1.82) is 0 Å². The van der Waals surface area contributed by atoms with Gasteiger partial charge in [-0.2, -0.15) is 5.10 Å². The Hall–Kier alpha value is -3.52. The fourth-order valence-electron chi connectivity index (χ4n) is 2.97. The highest BCUT2D eigenvalue weighted by Crippen LogP contribution is 2.40. The molecule has 2 heterocycles. The lowest BCUT2D eigenvalue weighted by atomic mass is 10.1. The molecule has 0 atom stereocenters. The van der Waals surface area contributed by atoms with E-state index >= 15 is 0 Å². The van der Waals surface area contributed by atoms with E-state index in [2.05, 4.69) is 24.6 Å². The van der Waals surface area contributed by atoms with Gasteiger partial charge >= 0.3 is 12.1 Å². The number of carbonyl (C=O) groups is 1. The number of nitrogens with one attached hydrogen (secondary N) is 2. The van der Waals surface area contributed by atoms with Crippen molar-refractivity contribution >= 4 is 23.9 Å². The largest absolute Gasteiger partial charge is 0.423 e. The van der Waals surface area contributed by atoms with Gasteiger partial charge in [-0.1, -0.05) is 17.2 Å². The second kappa shape index (κ2) is 8.92. The molecule has 1 aromatic heterocycles. The molecule has 0 radical (unpaired) electrons. The van der Waals surface area contributed by atoms with Crippen LogP contribution in [0.15, 0.2) is 48.8 Å². The van der Waals surface area contributed by atoms with Crippen molar-refractivity contribution in [2.45, 2.75) is 12.5 Å². The monoisotopic (exact) mass is 460 g/mol. The minimum absolute atomic E-state index is 0.0455. The Kier molecular flexibility index (Phi) is 6.05. The summed E-state index contributed by atoms with van der Waals surface area (Å²) in [5.74, 6) is -3.37. The number of halogens is 1. The number of ether oxygens (including phenoxy) is 2. The Balaban J connectivity index is 1.59. The van der Waals surface area contributed by atoms with Crippen LogP contribution in [0.3, 0.4) is 0 Å². The summed E-state index contributed by atoms with van der Waals surface area (Å²) >= 11 is 1.05. The molecule has 1 aliphatic heterocycles. The van der Waals surface area contributed by atoms with Crippen LogP contribution >= 0.6 is 12.1 Å². The molecule has 166 valence electrons. The molecule has 32 heavy (non-hydrogen) atoms. The van der Waals surface area contributed by atoms with Crippen LogP contribution in [0.25, 0.3) is 0 Å². The van der Waals surface area contributed by atoms with E-state index in [0.29, 0.717) is 4.90 Å². The fraction of sp³-hybridized carbons (Fsp3) is 0.158. The zero-order valence-electron chi connectivity index (χ0n) is 16.5. The maximum Gasteiger partial charge on any atom is 0.420 e. The first-order valence-corrected chi connectivity index (χ1v) is 9.98. The van der Waals surface area contributed by atoms with Gasteiger partial charge in [0.25, 0.3) is 5.91 Å². The molecule has 0 saturated heterocycles. The van der Waals surface area contributed by atoms with Gasteiger partial charge in [-0.05, 0) is 25.2 Å². The zero-order chi connectivity index (χ0) is 22.7. The lowest BCUT2D eigenvalue weighted by Crippen LogP contribution is -2.53. The zero-order valence-corrected chi connectivity index (χ0v) is 17.3. The van der Waals surface area contributed by atoms with Crippen LogP contribution in [0, 0.1) is 5.82 Å². The third-order valence-corrected chi connectivity index (χ3v) is 4.98. The van der Waals surface area contributed by atoms with Gasteiger partial charge in [0.2, 0.25) is 0 Å². The predicted octanol–water partition coefficient (Wildman–Crippen LogP) is 2.11. The van der Waals surface area contributed by atoms with Gasteiger partial charge in [-0.25, -0.2) is 23.8 Å². The Labute approximate surface area is 185 Å². The highest BCUT2D eigenvalue weighted by atomic mass is 32.2. The molecule has 0 unspecified atom stereocenters. The molecule has 0 spiro atoms. The Morgan fingerprint density at radius 2 is 2.12 bits per heavy atom. The second-order valence-corrected chi connectivity index (χ2v) is 7.28. The van der Waals surface area contributed by atoms with Crippen LogP contribution < -0.4 is 18.9 Å². The molecule has 1 aliphatic rings. The number of aliphatic hydroxyl groups is 2. The van der Waals surface area contributed by atoms with Gasteiger partial charge in [0.15, 0.2) is 5.82 Å². The van der Waals surface area contributed by atoms with Crippen LogP contribution in [-0.2, 0) is 12.5 Å². The first kappa shape index (κ1) is 21.7. The molecule has 4 N–H and O–H groups in total. The maximum absolute atomic E-state index is 14.8. The van der Waals surface area contributed by atoms with Gasteiger partial charge in [0, 0.05) is 23.8 Å². The van der Waals surface area contributed by atoms with Gasteiger partial charge in [-0.15, -0.1) is 0 Å². The molecule has 1 amide bonds. The molecular formula is C19H17FN6O5S. The van der Waals surface area contributed by atoms with Crippen LogP contribution in [0.1, 0.15) is 11.1 Å². The average Bonchev–Trinajstić information content (AvgIpc) is 2.77. The van der Waals surface area contributed by atoms with Crippen molar-refractivity contribution in [2.24, 2.45) is 0 Å². The standard InChI is InChI=1S/C19H17FN6O5S/c1-21-32-25-14-4-2-3-11(16(14)20)10-26-18(27)31-15-9-12(5-6-13(15)19(26,28)29)30-17-22-7-8-23-24-17/h2-9,21,25,28-29H,10H2,1H3. The third kappa shape index (κ3) is 4.27. The number of amides is 1. The first-order chi connectivity index (χ1) is 15.4. The lowest BCUT2D eigenvalue weighted by Gasteiger charge is -2.39. The van der Waals surface area contributed by atoms with Gasteiger partial charge in [-0.3, -0.25) is 0 Å². The van der Waals surface area contributed by atoms with Crippen molar-refractivity contribution in [3.8, 4) is 17.5 Å². The average molecular weight is 460 g/mol. The van der Waals surface area contributed by atoms with E-state index < -0.39 is 24.4 Å². The first-order valence-electron chi connectivity index (χ1n) is 9.16. The molecule has 0 saturated carbocycles. The highest BCUT2D eigenvalue weighted by molar-refractivity contribution is 7.98. The number of anilines is 1. The third-order valence-electron chi connectivity index (χ3n) is 4.45. The summed E-state index contributed by atoms with van der Waals surface area (Å²) in [7, 11) is 1.66. The molecule has 2 aromatic carbocycles. The normalized spacial score (nSPS) is 14.5. The van der Waals surface area contributed by atoms with E-state index in [4.69, 9.17) is 9.47 Å². The van der Waals surface area contributed by atoms with Crippen LogP contribution in [0.4, 0.5) is 14.9 Å². The second-order valence-electron chi connectivity index (χ2n) is 6.46. The van der Waals surface area contributed by atoms with Crippen molar-refractivity contribution in [3.05, 3.63) is 65.7 Å². The van der Waals surface area contributed by atoms with Gasteiger partial charge < -0.3 is 24.4 Å². The van der Waals surface area contributed by atoms with E-state index in [9.17, 15) is 19.4 Å². The molecule has 0 aliphatic carbocycles. The molecule has 13 heteroatoms. The Morgan fingerprint density at radius 1 is 1.28 bits per heavy atom. The Bertz CT molecular complexity index is 1140. The Morgan fingerprint density at radius 3 is 2.88 bits per heavy atom. The molecule has 0 fully saturated rings. The summed E-state index contributed by atoms with van der Waals surface area (Å²) in [6.45, 7) is -0.460. The van der Waals surface area contributed by atoms with E-state index in [-0.39, 0.29) is 34.3 Å². The predicted molar refractivity (Wildman–Crippen MR) is 111 cm³/mol. The molecule has 11 nitrogen and oxygen atoms in total. The summed E-state index contributed by atoms with van der Waals surface area (Å²) in [5.41, 5.74) is 0.0822. The summed E-state index contributed by atoms with van der Waals surface area (Å²) in [5, 5.41) is 28.8. The lowest BCUT2D eigenvalue weighted by molar-refractivity contribution is -0.268. The molecule has 0 bridgehead atoms. The van der Waals surface area contributed by atoms with Crippen molar-refractivity contribution < 1.29 is 28.9 Å². The van der Waals surface area contributed by atoms with Crippen LogP contribution in [-0.4, -0.2) is 43.4 Å². The smallest absolute Gasteiger partial charge is 0.420 e. The summed E-state index contributed by atoms with van der Waals surface area (Å²) in [4.78, 5) is 17.0. The van der Waals surface area contributed by atoms with Crippen molar-refractivity contribution in [3.63, 3.8) is 0 Å². The van der Waals surface area contributed by atoms with Crippen molar-refractivity contribution in [1.82, 2.24) is 24.8 Å². The summed E-state index contributed by atoms with van der Waals surface area (Å²) in [6, 6.07) is 8.45. The number of carbonyl (C=O) groups excluding carboxylic acids is 1. The van der Waals surface area contributed by atoms with Crippen LogP contribution in [0.2, 0.25) is 0 Å².